The maximum Gasteiger partial charge on any atom is 0.262 e. The second kappa shape index (κ2) is 8.52. The predicted molar refractivity (Wildman–Crippen MR) is 102 cm³/mol. The van der Waals surface area contributed by atoms with Gasteiger partial charge in [-0.15, -0.1) is 10.2 Å². The first-order chi connectivity index (χ1) is 13.0. The van der Waals surface area contributed by atoms with Crippen LogP contribution in [-0.2, 0) is 11.3 Å². The summed E-state index contributed by atoms with van der Waals surface area (Å²) >= 11 is 10.9. The van der Waals surface area contributed by atoms with Gasteiger partial charge in [0.2, 0.25) is 5.82 Å². The van der Waals surface area contributed by atoms with E-state index in [1.165, 1.54) is 24.3 Å². The zero-order valence-electron chi connectivity index (χ0n) is 13.7. The highest BCUT2D eigenvalue weighted by atomic mass is 35.5. The van der Waals surface area contributed by atoms with E-state index in [0.29, 0.717) is 16.3 Å². The van der Waals surface area contributed by atoms with Gasteiger partial charge in [-0.1, -0.05) is 11.6 Å². The molecule has 1 aromatic heterocycles. The number of anilines is 1. The number of rotatable bonds is 4. The van der Waals surface area contributed by atoms with Gasteiger partial charge in [0.05, 0.1) is 0 Å². The van der Waals surface area contributed by atoms with Crippen LogP contribution in [0.15, 0.2) is 48.5 Å². The van der Waals surface area contributed by atoms with Gasteiger partial charge in [0.25, 0.3) is 5.91 Å². The number of tetrazole rings is 1. The number of halogens is 2. The number of amides is 1. The number of hydrogen-bond donors (Lipinski definition) is 3. The fraction of sp³-hybridized carbons (Fsp3) is 0.0625. The predicted octanol–water partition coefficient (Wildman–Crippen LogP) is 2.15. The number of nitrogens with zero attached hydrogens (tertiary/aromatic N) is 4. The van der Waals surface area contributed by atoms with Gasteiger partial charge in [-0.05, 0) is 66.0 Å². The molecule has 8 nitrogen and oxygen atoms in total. The molecule has 0 aliphatic rings. The molecule has 3 N–H and O–H groups in total. The van der Waals surface area contributed by atoms with E-state index in [1.807, 2.05) is 0 Å². The lowest BCUT2D eigenvalue weighted by Crippen LogP contribution is -2.45. The standard InChI is InChI=1S/C16H13ClFN7OS/c17-11-3-7-13(8-4-11)19-16(27)22-20-14(26)9-25-23-15(21-24-25)10-1-5-12(18)6-2-10/h1-8H,9H2,(H,20,26)(H2,19,22,27). The molecular formula is C16H13ClFN7OS. The molecule has 27 heavy (non-hydrogen) atoms. The highest BCUT2D eigenvalue weighted by Crippen LogP contribution is 2.14. The molecule has 0 bridgehead atoms. The number of carbonyl (C=O) groups excluding carboxylic acids is 1. The third kappa shape index (κ3) is 5.43. The molecule has 0 fully saturated rings. The topological polar surface area (TPSA) is 96.8 Å². The Labute approximate surface area is 163 Å². The Hall–Kier alpha value is -3.11. The van der Waals surface area contributed by atoms with E-state index in [0.717, 1.165) is 4.80 Å². The highest BCUT2D eigenvalue weighted by molar-refractivity contribution is 7.80. The highest BCUT2D eigenvalue weighted by Gasteiger charge is 2.09. The number of hydrogen-bond acceptors (Lipinski definition) is 5. The first-order valence-electron chi connectivity index (χ1n) is 7.65. The van der Waals surface area contributed by atoms with Crippen molar-refractivity contribution in [3.8, 4) is 11.4 Å². The van der Waals surface area contributed by atoms with Gasteiger partial charge in [-0.25, -0.2) is 4.39 Å². The minimum atomic E-state index is -0.432. The molecule has 0 saturated heterocycles. The summed E-state index contributed by atoms with van der Waals surface area (Å²) in [5, 5.41) is 15.4. The molecule has 0 saturated carbocycles. The third-order valence-electron chi connectivity index (χ3n) is 3.26. The van der Waals surface area contributed by atoms with Crippen LogP contribution in [0.25, 0.3) is 11.4 Å². The van der Waals surface area contributed by atoms with E-state index < -0.39 is 5.91 Å². The Morgan fingerprint density at radius 2 is 1.81 bits per heavy atom. The van der Waals surface area contributed by atoms with Gasteiger partial charge in [0.15, 0.2) is 5.11 Å². The minimum Gasteiger partial charge on any atom is -0.331 e. The number of thiocarbonyl (C=S) groups is 1. The maximum atomic E-state index is 12.9. The Kier molecular flexibility index (Phi) is 5.89. The fourth-order valence-electron chi connectivity index (χ4n) is 2.01. The van der Waals surface area contributed by atoms with Crippen LogP contribution in [0.4, 0.5) is 10.1 Å². The summed E-state index contributed by atoms with van der Waals surface area (Å²) in [6.45, 7) is -0.176. The molecule has 0 aliphatic heterocycles. The molecule has 0 atom stereocenters. The molecule has 3 rings (SSSR count). The Morgan fingerprint density at radius 1 is 1.11 bits per heavy atom. The normalized spacial score (nSPS) is 10.3. The lowest BCUT2D eigenvalue weighted by Gasteiger charge is -2.11. The van der Waals surface area contributed by atoms with Crippen molar-refractivity contribution in [3.63, 3.8) is 0 Å². The van der Waals surface area contributed by atoms with E-state index in [1.54, 1.807) is 24.3 Å². The van der Waals surface area contributed by atoms with Crippen LogP contribution in [0.3, 0.4) is 0 Å². The second-order valence-corrected chi connectivity index (χ2v) is 6.13. The second-order valence-electron chi connectivity index (χ2n) is 5.28. The first kappa shape index (κ1) is 18.7. The summed E-state index contributed by atoms with van der Waals surface area (Å²) in [6.07, 6.45) is 0. The Morgan fingerprint density at radius 3 is 2.52 bits per heavy atom. The Balaban J connectivity index is 1.48. The van der Waals surface area contributed by atoms with Crippen molar-refractivity contribution < 1.29 is 9.18 Å². The largest absolute Gasteiger partial charge is 0.331 e. The van der Waals surface area contributed by atoms with Crippen molar-refractivity contribution in [2.45, 2.75) is 6.54 Å². The van der Waals surface area contributed by atoms with Crippen LogP contribution >= 0.6 is 23.8 Å². The summed E-state index contributed by atoms with van der Waals surface area (Å²) in [5.41, 5.74) is 6.30. The average molecular weight is 406 g/mol. The molecule has 1 heterocycles. The van der Waals surface area contributed by atoms with Crippen molar-refractivity contribution in [2.24, 2.45) is 0 Å². The van der Waals surface area contributed by atoms with Crippen molar-refractivity contribution in [1.82, 2.24) is 31.1 Å². The summed E-state index contributed by atoms with van der Waals surface area (Å²) in [6, 6.07) is 12.5. The number of nitrogens with one attached hydrogen (secondary N) is 3. The molecule has 2 aromatic carbocycles. The quantitative estimate of drug-likeness (QED) is 0.452. The Bertz CT molecular complexity index is 946. The van der Waals surface area contributed by atoms with Crippen LogP contribution < -0.4 is 16.2 Å². The maximum absolute atomic E-state index is 12.9. The lowest BCUT2D eigenvalue weighted by atomic mass is 10.2. The number of carbonyl (C=O) groups is 1. The first-order valence-corrected chi connectivity index (χ1v) is 8.43. The van der Waals surface area contributed by atoms with E-state index >= 15 is 0 Å². The summed E-state index contributed by atoms with van der Waals surface area (Å²) in [5.74, 6) is -0.506. The SMILES string of the molecule is O=C(Cn1nnc(-c2ccc(F)cc2)n1)NNC(=S)Nc1ccc(Cl)cc1. The number of hydrazine groups is 1. The molecular weight excluding hydrogens is 393 g/mol. The van der Waals surface area contributed by atoms with Gasteiger partial charge < -0.3 is 5.32 Å². The van der Waals surface area contributed by atoms with Crippen molar-refractivity contribution >= 4 is 40.5 Å². The van der Waals surface area contributed by atoms with E-state index in [9.17, 15) is 9.18 Å². The lowest BCUT2D eigenvalue weighted by molar-refractivity contribution is -0.122. The monoisotopic (exact) mass is 405 g/mol. The van der Waals surface area contributed by atoms with Crippen molar-refractivity contribution in [3.05, 3.63) is 59.4 Å². The molecule has 0 aliphatic carbocycles. The molecule has 138 valence electrons. The van der Waals surface area contributed by atoms with Gasteiger partial charge in [-0.3, -0.25) is 15.6 Å². The molecule has 0 radical (unpaired) electrons. The van der Waals surface area contributed by atoms with E-state index in [2.05, 4.69) is 31.6 Å². The van der Waals surface area contributed by atoms with E-state index in [-0.39, 0.29) is 23.3 Å². The number of benzene rings is 2. The molecule has 11 heteroatoms. The van der Waals surface area contributed by atoms with E-state index in [4.69, 9.17) is 23.8 Å². The van der Waals surface area contributed by atoms with Crippen molar-refractivity contribution in [1.29, 1.82) is 0 Å². The zero-order chi connectivity index (χ0) is 19.2. The summed E-state index contributed by atoms with van der Waals surface area (Å²) in [7, 11) is 0. The van der Waals surface area contributed by atoms with Crippen LogP contribution in [0.2, 0.25) is 5.02 Å². The van der Waals surface area contributed by atoms with Crippen LogP contribution in [0.1, 0.15) is 0 Å². The molecule has 0 spiro atoms. The minimum absolute atomic E-state index is 0.176. The van der Waals surface area contributed by atoms with Gasteiger partial charge >= 0.3 is 0 Å². The van der Waals surface area contributed by atoms with Gasteiger partial charge in [0, 0.05) is 16.3 Å². The number of aromatic nitrogens is 4. The van der Waals surface area contributed by atoms with Crippen LogP contribution in [-0.4, -0.2) is 31.2 Å². The average Bonchev–Trinajstić information content (AvgIpc) is 3.11. The molecule has 0 unspecified atom stereocenters. The molecule has 3 aromatic rings. The van der Waals surface area contributed by atoms with Crippen LogP contribution in [0.5, 0.6) is 0 Å². The summed E-state index contributed by atoms with van der Waals surface area (Å²) in [4.78, 5) is 13.1. The van der Waals surface area contributed by atoms with Gasteiger partial charge in [0.1, 0.15) is 12.4 Å². The smallest absolute Gasteiger partial charge is 0.262 e. The van der Waals surface area contributed by atoms with Gasteiger partial charge in [-0.2, -0.15) is 4.80 Å². The summed E-state index contributed by atoms with van der Waals surface area (Å²) < 4.78 is 12.9. The van der Waals surface area contributed by atoms with Crippen molar-refractivity contribution in [2.75, 3.05) is 5.32 Å². The fourth-order valence-corrected chi connectivity index (χ4v) is 2.31. The zero-order valence-corrected chi connectivity index (χ0v) is 15.3. The third-order valence-corrected chi connectivity index (χ3v) is 3.71. The molecule has 1 amide bonds. The van der Waals surface area contributed by atoms with Crippen LogP contribution in [0, 0.1) is 5.82 Å².